The lowest BCUT2D eigenvalue weighted by Gasteiger charge is -2.31. The normalized spacial score (nSPS) is 18.0. The van der Waals surface area contributed by atoms with Gasteiger partial charge in [0.1, 0.15) is 12.4 Å². The standard InChI is InChI=1S/C29H38FN5O3/c1-20(2)31-29(37)34(12-11-33-13-15-38-16-14-33)19-28(36)35-27(23-7-9-25(30)10-8-23)18-26(32-35)24-6-5-21(3)22(4)17-24/h5-10,17,20,27H,11-16,18-19H2,1-4H3,(H,31,37)/t27-/m1/s1. The predicted octanol–water partition coefficient (Wildman–Crippen LogP) is 3.87. The third-order valence-corrected chi connectivity index (χ3v) is 7.08. The molecular weight excluding hydrogens is 485 g/mol. The number of hydrogen-bond acceptors (Lipinski definition) is 5. The first-order valence-corrected chi connectivity index (χ1v) is 13.3. The van der Waals surface area contributed by atoms with Gasteiger partial charge in [-0.25, -0.2) is 14.2 Å². The Hall–Kier alpha value is -3.30. The van der Waals surface area contributed by atoms with E-state index in [4.69, 9.17) is 9.84 Å². The van der Waals surface area contributed by atoms with Crippen molar-refractivity contribution in [1.29, 1.82) is 0 Å². The molecule has 9 heteroatoms. The van der Waals surface area contributed by atoms with Crippen molar-refractivity contribution in [2.45, 2.75) is 46.2 Å². The van der Waals surface area contributed by atoms with Crippen LogP contribution in [0.25, 0.3) is 0 Å². The van der Waals surface area contributed by atoms with E-state index >= 15 is 0 Å². The van der Waals surface area contributed by atoms with Crippen LogP contribution in [-0.4, -0.2) is 84.4 Å². The fraction of sp³-hybridized carbons (Fsp3) is 0.483. The number of nitrogens with one attached hydrogen (secondary N) is 1. The van der Waals surface area contributed by atoms with Gasteiger partial charge in [0.15, 0.2) is 0 Å². The van der Waals surface area contributed by atoms with E-state index in [1.54, 1.807) is 17.0 Å². The average Bonchev–Trinajstić information content (AvgIpc) is 3.34. The number of nitrogens with zero attached hydrogens (tertiary/aromatic N) is 4. The van der Waals surface area contributed by atoms with E-state index in [0.717, 1.165) is 35.5 Å². The molecule has 3 amide bonds. The van der Waals surface area contributed by atoms with Gasteiger partial charge in [-0.15, -0.1) is 0 Å². The summed E-state index contributed by atoms with van der Waals surface area (Å²) in [6.07, 6.45) is 0.506. The Balaban J connectivity index is 1.57. The highest BCUT2D eigenvalue weighted by Gasteiger charge is 2.34. The van der Waals surface area contributed by atoms with Gasteiger partial charge >= 0.3 is 6.03 Å². The molecule has 4 rings (SSSR count). The number of halogens is 1. The quantitative estimate of drug-likeness (QED) is 0.570. The Labute approximate surface area is 224 Å². The summed E-state index contributed by atoms with van der Waals surface area (Å²) in [5.41, 5.74) is 4.88. The second-order valence-corrected chi connectivity index (χ2v) is 10.3. The molecule has 1 N–H and O–H groups in total. The van der Waals surface area contributed by atoms with E-state index in [1.165, 1.54) is 22.7 Å². The molecular formula is C29H38FN5O3. The largest absolute Gasteiger partial charge is 0.379 e. The monoisotopic (exact) mass is 523 g/mol. The van der Waals surface area contributed by atoms with Crippen LogP contribution in [0, 0.1) is 19.7 Å². The summed E-state index contributed by atoms with van der Waals surface area (Å²) in [6.45, 7) is 11.8. The van der Waals surface area contributed by atoms with E-state index in [9.17, 15) is 14.0 Å². The lowest BCUT2D eigenvalue weighted by Crippen LogP contribution is -2.50. The van der Waals surface area contributed by atoms with Gasteiger partial charge in [-0.1, -0.05) is 24.3 Å². The highest BCUT2D eigenvalue weighted by atomic mass is 19.1. The van der Waals surface area contributed by atoms with Crippen molar-refractivity contribution in [3.63, 3.8) is 0 Å². The van der Waals surface area contributed by atoms with Crippen molar-refractivity contribution in [3.8, 4) is 0 Å². The van der Waals surface area contributed by atoms with Crippen LogP contribution in [0.5, 0.6) is 0 Å². The van der Waals surface area contributed by atoms with Crippen LogP contribution in [0.1, 0.15) is 48.6 Å². The van der Waals surface area contributed by atoms with E-state index < -0.39 is 0 Å². The second-order valence-electron chi connectivity index (χ2n) is 10.3. The molecule has 2 aliphatic rings. The van der Waals surface area contributed by atoms with Crippen LogP contribution < -0.4 is 5.32 Å². The van der Waals surface area contributed by atoms with Crippen molar-refractivity contribution in [2.24, 2.45) is 5.10 Å². The van der Waals surface area contributed by atoms with Crippen molar-refractivity contribution >= 4 is 17.6 Å². The van der Waals surface area contributed by atoms with Gasteiger partial charge in [0.2, 0.25) is 0 Å². The molecule has 0 spiro atoms. The number of hydrazone groups is 1. The maximum Gasteiger partial charge on any atom is 0.318 e. The third kappa shape index (κ3) is 6.96. The molecule has 0 aliphatic carbocycles. The first-order valence-electron chi connectivity index (χ1n) is 13.3. The maximum atomic E-state index is 13.7. The summed E-state index contributed by atoms with van der Waals surface area (Å²) < 4.78 is 19.1. The molecule has 0 saturated carbocycles. The summed E-state index contributed by atoms with van der Waals surface area (Å²) in [7, 11) is 0. The number of urea groups is 1. The smallest absolute Gasteiger partial charge is 0.318 e. The number of carbonyl (C=O) groups excluding carboxylic acids is 2. The molecule has 1 saturated heterocycles. The highest BCUT2D eigenvalue weighted by molar-refractivity contribution is 6.03. The van der Waals surface area contributed by atoms with Gasteiger partial charge in [-0.05, 0) is 68.1 Å². The number of carbonyl (C=O) groups is 2. The summed E-state index contributed by atoms with van der Waals surface area (Å²) in [5, 5.41) is 9.15. The average molecular weight is 524 g/mol. The second kappa shape index (κ2) is 12.5. The number of aryl methyl sites for hydroxylation is 2. The minimum atomic E-state index is -0.381. The lowest BCUT2D eigenvalue weighted by molar-refractivity contribution is -0.133. The van der Waals surface area contributed by atoms with Crippen molar-refractivity contribution in [3.05, 3.63) is 70.5 Å². The summed E-state index contributed by atoms with van der Waals surface area (Å²) >= 11 is 0. The van der Waals surface area contributed by atoms with Crippen LogP contribution in [0.4, 0.5) is 9.18 Å². The van der Waals surface area contributed by atoms with Crippen molar-refractivity contribution in [1.82, 2.24) is 20.1 Å². The predicted molar refractivity (Wildman–Crippen MR) is 146 cm³/mol. The number of rotatable bonds is 8. The summed E-state index contributed by atoms with van der Waals surface area (Å²) in [5.74, 6) is -0.612. The molecule has 38 heavy (non-hydrogen) atoms. The molecule has 204 valence electrons. The molecule has 2 heterocycles. The Morgan fingerprint density at radius 2 is 1.82 bits per heavy atom. The molecule has 1 fully saturated rings. The molecule has 0 aromatic heterocycles. The molecule has 0 unspecified atom stereocenters. The Morgan fingerprint density at radius 3 is 2.47 bits per heavy atom. The van der Waals surface area contributed by atoms with Crippen LogP contribution in [0.2, 0.25) is 0 Å². The molecule has 0 bridgehead atoms. The minimum Gasteiger partial charge on any atom is -0.379 e. The Morgan fingerprint density at radius 1 is 1.11 bits per heavy atom. The highest BCUT2D eigenvalue weighted by Crippen LogP contribution is 2.33. The molecule has 2 aliphatic heterocycles. The zero-order chi connectivity index (χ0) is 27.2. The van der Waals surface area contributed by atoms with E-state index in [1.807, 2.05) is 32.9 Å². The summed E-state index contributed by atoms with van der Waals surface area (Å²) in [4.78, 5) is 30.6. The fourth-order valence-electron chi connectivity index (χ4n) is 4.69. The van der Waals surface area contributed by atoms with Crippen molar-refractivity contribution in [2.75, 3.05) is 45.9 Å². The number of ether oxygens (including phenoxy) is 1. The zero-order valence-electron chi connectivity index (χ0n) is 22.7. The van der Waals surface area contributed by atoms with E-state index in [2.05, 4.69) is 23.2 Å². The number of benzene rings is 2. The first-order chi connectivity index (χ1) is 18.2. The SMILES string of the molecule is Cc1ccc(C2=NN(C(=O)CN(CCN3CCOCC3)C(=O)NC(C)C)[C@@H](c3ccc(F)cc3)C2)cc1C. The van der Waals surface area contributed by atoms with Gasteiger partial charge in [-0.3, -0.25) is 9.69 Å². The Kier molecular flexibility index (Phi) is 9.12. The topological polar surface area (TPSA) is 77.5 Å². The minimum absolute atomic E-state index is 0.0587. The van der Waals surface area contributed by atoms with Gasteiger partial charge < -0.3 is 15.0 Å². The molecule has 1 atom stereocenters. The van der Waals surface area contributed by atoms with Gasteiger partial charge in [0.05, 0.1) is 25.0 Å². The van der Waals surface area contributed by atoms with E-state index in [0.29, 0.717) is 32.7 Å². The molecule has 0 radical (unpaired) electrons. The summed E-state index contributed by atoms with van der Waals surface area (Å²) in [6, 6.07) is 11.6. The van der Waals surface area contributed by atoms with Gasteiger partial charge in [-0.2, -0.15) is 5.10 Å². The third-order valence-electron chi connectivity index (χ3n) is 7.08. The van der Waals surface area contributed by atoms with Crippen LogP contribution in [0.3, 0.4) is 0 Å². The molecule has 2 aromatic carbocycles. The number of morpholine rings is 1. The Bertz CT molecular complexity index is 1160. The van der Waals surface area contributed by atoms with Gasteiger partial charge in [0.25, 0.3) is 5.91 Å². The lowest BCUT2D eigenvalue weighted by atomic mass is 9.96. The van der Waals surface area contributed by atoms with Crippen molar-refractivity contribution < 1.29 is 18.7 Å². The first kappa shape index (κ1) is 27.7. The zero-order valence-corrected chi connectivity index (χ0v) is 22.7. The van der Waals surface area contributed by atoms with Gasteiger partial charge in [0, 0.05) is 38.6 Å². The van der Waals surface area contributed by atoms with Crippen LogP contribution in [-0.2, 0) is 9.53 Å². The van der Waals surface area contributed by atoms with Crippen LogP contribution >= 0.6 is 0 Å². The van der Waals surface area contributed by atoms with Crippen LogP contribution in [0.15, 0.2) is 47.6 Å². The maximum absolute atomic E-state index is 13.7. The molecule has 8 nitrogen and oxygen atoms in total. The van der Waals surface area contributed by atoms with E-state index in [-0.39, 0.29) is 36.4 Å². The number of amides is 3. The number of hydrogen-bond donors (Lipinski definition) is 1. The fourth-order valence-corrected chi connectivity index (χ4v) is 4.69. The molecule has 2 aromatic rings.